The smallest absolute Gasteiger partial charge is 0.344 e. The summed E-state index contributed by atoms with van der Waals surface area (Å²) in [7, 11) is 0. The first-order chi connectivity index (χ1) is 20.8. The van der Waals surface area contributed by atoms with Gasteiger partial charge in [-0.3, -0.25) is 0 Å². The van der Waals surface area contributed by atoms with E-state index in [1.165, 1.54) is 55.5 Å². The molecule has 4 fully saturated rings. The first-order valence-electron chi connectivity index (χ1n) is 14.0. The number of hydrogen-bond donors (Lipinski definition) is 2. The number of esters is 5. The summed E-state index contributed by atoms with van der Waals surface area (Å²) < 4.78 is 28.0. The van der Waals surface area contributed by atoms with Crippen molar-refractivity contribution in [1.29, 1.82) is 0 Å². The molecule has 2 aromatic rings. The number of phenols is 2. The molecule has 0 radical (unpaired) electrons. The highest BCUT2D eigenvalue weighted by Gasteiger charge is 2.68. The van der Waals surface area contributed by atoms with E-state index in [-0.39, 0.29) is 53.4 Å². The molecule has 0 amide bonds. The van der Waals surface area contributed by atoms with E-state index < -0.39 is 59.9 Å². The van der Waals surface area contributed by atoms with Gasteiger partial charge in [0.05, 0.1) is 11.1 Å². The number of rotatable bonds is 10. The van der Waals surface area contributed by atoms with Crippen LogP contribution >= 0.6 is 0 Å². The van der Waals surface area contributed by atoms with Gasteiger partial charge in [-0.2, -0.15) is 0 Å². The van der Waals surface area contributed by atoms with E-state index in [9.17, 15) is 34.2 Å². The Morgan fingerprint density at radius 1 is 0.682 bits per heavy atom. The third kappa shape index (κ3) is 6.69. The fraction of sp³-hybridized carbons (Fsp3) is 0.406. The summed E-state index contributed by atoms with van der Waals surface area (Å²) >= 11 is 0. The molecule has 12 nitrogen and oxygen atoms in total. The minimum atomic E-state index is -1.18. The summed E-state index contributed by atoms with van der Waals surface area (Å²) in [5, 5.41) is 18.8. The standard InChI is InChI=1S/C32H32O12/c1-19(2)27(37)44-32-13-20-11-30(17-32,42-25(35)14-40-28(38)21-3-7-23(33)8-4-21)16-31(12-20,18-32)43-26(36)15-41-29(39)22-5-9-24(34)10-6-22/h3-10,20,33-34H,1,11-18H2,2H3. The summed E-state index contributed by atoms with van der Waals surface area (Å²) in [5.74, 6) is -4.06. The Hall–Kier alpha value is -4.87. The van der Waals surface area contributed by atoms with Gasteiger partial charge in [0.1, 0.15) is 28.3 Å². The Morgan fingerprint density at radius 3 is 1.41 bits per heavy atom. The number of aromatic hydroxyl groups is 2. The van der Waals surface area contributed by atoms with Gasteiger partial charge in [0.15, 0.2) is 13.2 Å². The monoisotopic (exact) mass is 608 g/mol. The van der Waals surface area contributed by atoms with Crippen molar-refractivity contribution in [2.45, 2.75) is 62.3 Å². The molecule has 0 saturated heterocycles. The number of carbonyl (C=O) groups is 5. The second-order valence-corrected chi connectivity index (χ2v) is 11.9. The molecule has 12 heteroatoms. The summed E-state index contributed by atoms with van der Waals surface area (Å²) in [6.45, 7) is 3.79. The average molecular weight is 609 g/mol. The van der Waals surface area contributed by atoms with Gasteiger partial charge in [0.25, 0.3) is 0 Å². The molecule has 44 heavy (non-hydrogen) atoms. The summed E-state index contributed by atoms with van der Waals surface area (Å²) in [6, 6.07) is 10.6. The second-order valence-electron chi connectivity index (χ2n) is 11.9. The lowest BCUT2D eigenvalue weighted by Gasteiger charge is -2.63. The highest BCUT2D eigenvalue weighted by molar-refractivity contribution is 5.91. The fourth-order valence-corrected chi connectivity index (χ4v) is 6.95. The predicted molar refractivity (Wildman–Crippen MR) is 149 cm³/mol. The number of hydrogen-bond acceptors (Lipinski definition) is 12. The van der Waals surface area contributed by atoms with Crippen molar-refractivity contribution in [2.75, 3.05) is 13.2 Å². The summed E-state index contributed by atoms with van der Waals surface area (Å²) in [5.41, 5.74) is -3.03. The molecule has 2 N–H and O–H groups in total. The molecule has 6 rings (SSSR count). The van der Waals surface area contributed by atoms with Crippen LogP contribution in [0.15, 0.2) is 60.7 Å². The Labute approximate surface area is 252 Å². The Bertz CT molecular complexity index is 1400. The quantitative estimate of drug-likeness (QED) is 0.229. The van der Waals surface area contributed by atoms with Crippen LogP contribution in [0.25, 0.3) is 0 Å². The van der Waals surface area contributed by atoms with Gasteiger partial charge < -0.3 is 33.9 Å². The minimum absolute atomic E-state index is 0.0332. The predicted octanol–water partition coefficient (Wildman–Crippen LogP) is 3.53. The molecule has 4 saturated carbocycles. The van der Waals surface area contributed by atoms with Gasteiger partial charge in [0, 0.05) is 24.8 Å². The van der Waals surface area contributed by atoms with Crippen molar-refractivity contribution in [3.05, 3.63) is 71.8 Å². The van der Waals surface area contributed by atoms with Crippen LogP contribution in [-0.4, -0.2) is 70.1 Å². The van der Waals surface area contributed by atoms with E-state index in [0.29, 0.717) is 19.3 Å². The molecule has 2 unspecified atom stereocenters. The van der Waals surface area contributed by atoms with Gasteiger partial charge >= 0.3 is 29.8 Å². The zero-order chi connectivity index (χ0) is 31.7. The molecule has 0 aliphatic heterocycles. The van der Waals surface area contributed by atoms with Crippen molar-refractivity contribution in [3.8, 4) is 11.5 Å². The van der Waals surface area contributed by atoms with Crippen LogP contribution in [0.3, 0.4) is 0 Å². The molecule has 0 heterocycles. The van der Waals surface area contributed by atoms with E-state index in [4.69, 9.17) is 23.7 Å². The summed E-state index contributed by atoms with van der Waals surface area (Å²) in [6.07, 6.45) is 1.73. The summed E-state index contributed by atoms with van der Waals surface area (Å²) in [4.78, 5) is 63.3. The van der Waals surface area contributed by atoms with Crippen LogP contribution in [0, 0.1) is 5.92 Å². The van der Waals surface area contributed by atoms with Crippen LogP contribution in [0.5, 0.6) is 11.5 Å². The number of benzene rings is 2. The third-order valence-electron chi connectivity index (χ3n) is 8.08. The van der Waals surface area contributed by atoms with Crippen molar-refractivity contribution < 1.29 is 57.9 Å². The molecule has 0 aromatic heterocycles. The van der Waals surface area contributed by atoms with Crippen LogP contribution in [0.2, 0.25) is 0 Å². The van der Waals surface area contributed by atoms with E-state index >= 15 is 0 Å². The van der Waals surface area contributed by atoms with E-state index in [0.717, 1.165) is 0 Å². The molecular formula is C32H32O12. The van der Waals surface area contributed by atoms with Crippen molar-refractivity contribution in [2.24, 2.45) is 5.92 Å². The van der Waals surface area contributed by atoms with E-state index in [1.54, 1.807) is 0 Å². The number of phenolic OH excluding ortho intramolecular Hbond substituents is 2. The van der Waals surface area contributed by atoms with Crippen molar-refractivity contribution in [1.82, 2.24) is 0 Å². The zero-order valence-electron chi connectivity index (χ0n) is 24.0. The first-order valence-corrected chi connectivity index (χ1v) is 14.0. The van der Waals surface area contributed by atoms with Gasteiger partial charge in [-0.1, -0.05) is 6.58 Å². The SMILES string of the molecule is C=C(C)C(=O)OC12CC3CC(OC(=O)COC(=O)c4ccc(O)cc4)(CC(OC(=O)COC(=O)c4ccc(O)cc4)(C3)C1)C2. The highest BCUT2D eigenvalue weighted by atomic mass is 16.6. The van der Waals surface area contributed by atoms with Crippen molar-refractivity contribution >= 4 is 29.8 Å². The molecule has 4 aliphatic rings. The molecule has 2 aromatic carbocycles. The Balaban J connectivity index is 1.29. The number of carbonyl (C=O) groups excluding carboxylic acids is 5. The third-order valence-corrected chi connectivity index (χ3v) is 8.08. The molecule has 4 aliphatic carbocycles. The van der Waals surface area contributed by atoms with Gasteiger partial charge in [-0.05, 0) is 80.6 Å². The van der Waals surface area contributed by atoms with Crippen LogP contribution < -0.4 is 0 Å². The lowest BCUT2D eigenvalue weighted by atomic mass is 9.50. The molecule has 232 valence electrons. The molecular weight excluding hydrogens is 576 g/mol. The largest absolute Gasteiger partial charge is 0.508 e. The zero-order valence-corrected chi connectivity index (χ0v) is 24.0. The average Bonchev–Trinajstić information content (AvgIpc) is 2.94. The molecule has 2 atom stereocenters. The lowest BCUT2D eigenvalue weighted by molar-refractivity contribution is -0.272. The maximum absolute atomic E-state index is 13.0. The maximum Gasteiger partial charge on any atom is 0.344 e. The fourth-order valence-electron chi connectivity index (χ4n) is 6.95. The van der Waals surface area contributed by atoms with E-state index in [2.05, 4.69) is 6.58 Å². The minimum Gasteiger partial charge on any atom is -0.508 e. The van der Waals surface area contributed by atoms with Crippen LogP contribution in [0.1, 0.15) is 66.2 Å². The Morgan fingerprint density at radius 2 is 1.05 bits per heavy atom. The van der Waals surface area contributed by atoms with E-state index in [1.807, 2.05) is 0 Å². The van der Waals surface area contributed by atoms with Gasteiger partial charge in [-0.25, -0.2) is 24.0 Å². The molecule has 4 bridgehead atoms. The highest BCUT2D eigenvalue weighted by Crippen LogP contribution is 2.63. The van der Waals surface area contributed by atoms with Gasteiger partial charge in [0.2, 0.25) is 0 Å². The molecule has 0 spiro atoms. The van der Waals surface area contributed by atoms with Gasteiger partial charge in [-0.15, -0.1) is 0 Å². The Kier molecular flexibility index (Phi) is 8.11. The first kappa shape index (κ1) is 30.6. The normalized spacial score (nSPS) is 26.2. The number of ether oxygens (including phenoxy) is 5. The topological polar surface area (TPSA) is 172 Å². The lowest BCUT2D eigenvalue weighted by Crippen LogP contribution is -2.69. The van der Waals surface area contributed by atoms with Crippen LogP contribution in [-0.2, 0) is 38.1 Å². The second kappa shape index (κ2) is 11.7. The van der Waals surface area contributed by atoms with Crippen molar-refractivity contribution in [3.63, 3.8) is 0 Å². The maximum atomic E-state index is 13.0. The van der Waals surface area contributed by atoms with Crippen LogP contribution in [0.4, 0.5) is 0 Å².